The van der Waals surface area contributed by atoms with Crippen LogP contribution < -0.4 is 118 Å². The molecule has 2 amide bonds. The van der Waals surface area contributed by atoms with Crippen LogP contribution in [0.1, 0.15) is 96.9 Å². The second-order valence-corrected chi connectivity index (χ2v) is 16.4. The molecule has 58 heavy (non-hydrogen) atoms. The van der Waals surface area contributed by atoms with Crippen LogP contribution in [0.25, 0.3) is 0 Å². The molecule has 0 spiro atoms. The normalized spacial score (nSPS) is 16.7. The predicted octanol–water partition coefficient (Wildman–Crippen LogP) is 1.55. The molecule has 0 aromatic heterocycles. The fraction of sp³-hybridized carbons (Fsp3) is 0.349. The molecule has 298 valence electrons. The Bertz CT molecular complexity index is 2200. The minimum Gasteiger partial charge on any atom is -1.00 e. The number of piperidine rings is 1. The number of aryl methyl sites for hydroxylation is 2. The van der Waals surface area contributed by atoms with Crippen molar-refractivity contribution in [2.75, 3.05) is 35.2 Å². The van der Waals surface area contributed by atoms with Crippen LogP contribution in [-0.2, 0) is 27.7 Å². The van der Waals surface area contributed by atoms with Gasteiger partial charge in [0.05, 0.1) is 27.6 Å². The second-order valence-electron chi connectivity index (χ2n) is 14.5. The maximum absolute atomic E-state index is 14.0. The number of aliphatic carboxylic acids is 1. The van der Waals surface area contributed by atoms with E-state index in [1.54, 1.807) is 49.4 Å². The topological polar surface area (TPSA) is 173 Å². The van der Waals surface area contributed by atoms with Gasteiger partial charge in [-0.2, -0.15) is 4.31 Å². The number of anilines is 3. The summed E-state index contributed by atoms with van der Waals surface area (Å²) in [7, 11) is -4.01. The van der Waals surface area contributed by atoms with Crippen LogP contribution in [0.2, 0.25) is 0 Å². The summed E-state index contributed by atoms with van der Waals surface area (Å²) in [6.45, 7) is 3.65. The molecule has 1 heterocycles. The number of amides is 2. The Balaban J connectivity index is 0.00000310. The predicted molar refractivity (Wildman–Crippen MR) is 217 cm³/mol. The first-order valence-corrected chi connectivity index (χ1v) is 20.6. The molecule has 0 bridgehead atoms. The molecule has 6 rings (SSSR count). The van der Waals surface area contributed by atoms with Crippen molar-refractivity contribution in [2.24, 2.45) is 5.92 Å². The molecule has 1 aliphatic carbocycles. The van der Waals surface area contributed by atoms with Crippen molar-refractivity contribution in [1.29, 1.82) is 0 Å². The van der Waals surface area contributed by atoms with E-state index in [-0.39, 0.29) is 145 Å². The number of carboxylic acids is 2. The smallest absolute Gasteiger partial charge is 1.00 e. The summed E-state index contributed by atoms with van der Waals surface area (Å²) in [6.07, 6.45) is 6.24. The SMILES string of the molecule is CCN(C1CCC(C(=O)O)CC1)S(=O)(=O)c1cccc(C(=O)Nc2ccc(N3CCCCC3)cc2C(=O)Nc2cccc(CCc3ccc(C(=O)O)cc3)c2)c1.[H-].[H-].[K+].[K+]. The number of hydrogen-bond donors (Lipinski definition) is 4. The average molecular weight is 861 g/mol. The van der Waals surface area contributed by atoms with Gasteiger partial charge in [-0.3, -0.25) is 14.4 Å². The van der Waals surface area contributed by atoms with Gasteiger partial charge in [0.1, 0.15) is 0 Å². The van der Waals surface area contributed by atoms with E-state index in [2.05, 4.69) is 15.5 Å². The summed E-state index contributed by atoms with van der Waals surface area (Å²) in [5, 5.41) is 24.5. The molecule has 4 aromatic carbocycles. The van der Waals surface area contributed by atoms with Gasteiger partial charge >= 0.3 is 115 Å². The summed E-state index contributed by atoms with van der Waals surface area (Å²) in [5.74, 6) is -3.31. The molecule has 1 aliphatic heterocycles. The quantitative estimate of drug-likeness (QED) is 0.137. The van der Waals surface area contributed by atoms with Crippen LogP contribution in [0.5, 0.6) is 0 Å². The van der Waals surface area contributed by atoms with E-state index in [1.807, 2.05) is 24.3 Å². The zero-order chi connectivity index (χ0) is 39.8. The van der Waals surface area contributed by atoms with Crippen molar-refractivity contribution in [2.45, 2.75) is 75.6 Å². The minimum absolute atomic E-state index is 0. The third-order valence-corrected chi connectivity index (χ3v) is 12.8. The number of carbonyl (C=O) groups excluding carboxylic acids is 2. The first-order chi connectivity index (χ1) is 26.9. The third-order valence-electron chi connectivity index (χ3n) is 10.8. The van der Waals surface area contributed by atoms with E-state index < -0.39 is 39.7 Å². The number of sulfonamides is 1. The summed E-state index contributed by atoms with van der Waals surface area (Å²) in [5.41, 5.74) is 4.26. The van der Waals surface area contributed by atoms with Crippen molar-refractivity contribution < 1.29 is 143 Å². The Hall–Kier alpha value is -2.26. The molecule has 4 N–H and O–H groups in total. The van der Waals surface area contributed by atoms with Crippen LogP contribution >= 0.6 is 0 Å². The van der Waals surface area contributed by atoms with E-state index in [1.165, 1.54) is 28.6 Å². The number of benzene rings is 4. The van der Waals surface area contributed by atoms with Gasteiger partial charge in [-0.25, -0.2) is 13.2 Å². The van der Waals surface area contributed by atoms with Gasteiger partial charge in [0.15, 0.2) is 0 Å². The van der Waals surface area contributed by atoms with Gasteiger partial charge in [-0.1, -0.05) is 37.3 Å². The number of hydrogen-bond acceptors (Lipinski definition) is 7. The Morgan fingerprint density at radius 2 is 1.41 bits per heavy atom. The molecular weight excluding hydrogens is 811 g/mol. The maximum atomic E-state index is 14.0. The number of carboxylic acid groups (broad SMARTS) is 2. The largest absolute Gasteiger partial charge is 1.00 e. The van der Waals surface area contributed by atoms with E-state index in [0.717, 1.165) is 49.2 Å². The Morgan fingerprint density at radius 3 is 2.07 bits per heavy atom. The third kappa shape index (κ3) is 12.4. The summed E-state index contributed by atoms with van der Waals surface area (Å²) >= 11 is 0. The standard InChI is InChI=1S/C43H48N4O8S.2K.2H/c1-2-47(35-20-18-32(19-21-35)43(52)53)56(54,55)37-11-7-9-33(27-37)40(48)45-39-23-22-36(46-24-4-3-5-25-46)28-38(39)41(49)44-34-10-6-8-30(26-34)13-12-29-14-16-31(17-15-29)42(50)51;;;;/h6-11,14-17,22-23,26-28,32,35H,2-5,12-13,18-21,24-25H2,1H3,(H,44,49)(H,45,48)(H,50,51)(H,52,53);;;;/q;2*+1;2*-1. The van der Waals surface area contributed by atoms with Crippen molar-refractivity contribution in [3.05, 3.63) is 119 Å². The molecule has 2 fully saturated rings. The van der Waals surface area contributed by atoms with Gasteiger partial charge in [0, 0.05) is 42.6 Å². The van der Waals surface area contributed by atoms with Crippen molar-refractivity contribution in [1.82, 2.24) is 4.31 Å². The average Bonchev–Trinajstić information content (AvgIpc) is 3.21. The molecular formula is C43H50K2N4O8S. The maximum Gasteiger partial charge on any atom is 1.00 e. The number of nitrogens with one attached hydrogen (secondary N) is 2. The van der Waals surface area contributed by atoms with Gasteiger partial charge < -0.3 is 28.6 Å². The van der Waals surface area contributed by atoms with Crippen molar-refractivity contribution in [3.63, 3.8) is 0 Å². The number of aromatic carboxylic acids is 1. The first kappa shape index (κ1) is 48.4. The first-order valence-electron chi connectivity index (χ1n) is 19.2. The molecule has 15 heteroatoms. The Morgan fingerprint density at radius 1 is 0.741 bits per heavy atom. The Labute approximate surface area is 428 Å². The van der Waals surface area contributed by atoms with Crippen LogP contribution in [-0.4, -0.2) is 72.4 Å². The number of carbonyl (C=O) groups is 4. The van der Waals surface area contributed by atoms with Gasteiger partial charge in [0.25, 0.3) is 11.8 Å². The summed E-state index contributed by atoms with van der Waals surface area (Å²) in [4.78, 5) is 52.7. The van der Waals surface area contributed by atoms with Crippen molar-refractivity contribution >= 4 is 50.8 Å². The van der Waals surface area contributed by atoms with Crippen LogP contribution in [0.4, 0.5) is 17.1 Å². The molecule has 1 saturated heterocycles. The molecule has 0 atom stereocenters. The van der Waals surface area contributed by atoms with Crippen LogP contribution in [0.15, 0.2) is 95.9 Å². The number of rotatable bonds is 14. The number of nitrogens with zero attached hydrogens (tertiary/aromatic N) is 2. The van der Waals surface area contributed by atoms with Crippen molar-refractivity contribution in [3.8, 4) is 0 Å². The van der Waals surface area contributed by atoms with Crippen LogP contribution in [0.3, 0.4) is 0 Å². The van der Waals surface area contributed by atoms with Gasteiger partial charge in [-0.05, 0) is 130 Å². The summed E-state index contributed by atoms with van der Waals surface area (Å²) in [6, 6.07) is 25.1. The van der Waals surface area contributed by atoms with E-state index in [9.17, 15) is 37.8 Å². The summed E-state index contributed by atoms with van der Waals surface area (Å²) < 4.78 is 29.2. The van der Waals surface area contributed by atoms with Gasteiger partial charge in [0.2, 0.25) is 10.0 Å². The monoisotopic (exact) mass is 860 g/mol. The fourth-order valence-corrected chi connectivity index (χ4v) is 9.39. The molecule has 4 aromatic rings. The zero-order valence-electron chi connectivity index (χ0n) is 35.4. The molecule has 0 radical (unpaired) electrons. The Kier molecular flexibility index (Phi) is 18.8. The fourth-order valence-electron chi connectivity index (χ4n) is 7.65. The van der Waals surface area contributed by atoms with E-state index in [4.69, 9.17) is 0 Å². The van der Waals surface area contributed by atoms with E-state index >= 15 is 0 Å². The molecule has 12 nitrogen and oxygen atoms in total. The molecule has 0 unspecified atom stereocenters. The van der Waals surface area contributed by atoms with Gasteiger partial charge in [-0.15, -0.1) is 0 Å². The van der Waals surface area contributed by atoms with E-state index in [0.29, 0.717) is 44.2 Å². The van der Waals surface area contributed by atoms with Crippen LogP contribution in [0, 0.1) is 5.92 Å². The molecule has 1 saturated carbocycles. The zero-order valence-corrected chi connectivity index (χ0v) is 40.5. The minimum atomic E-state index is -4.01. The second kappa shape index (κ2) is 22.5. The molecule has 2 aliphatic rings.